The minimum Gasteiger partial charge on any atom is -0.322 e. The Bertz CT molecular complexity index is 723. The molecule has 21 heavy (non-hydrogen) atoms. The van der Waals surface area contributed by atoms with Crippen LogP contribution in [0.1, 0.15) is 34.3 Å². The van der Waals surface area contributed by atoms with E-state index in [2.05, 4.69) is 27.3 Å². The van der Waals surface area contributed by atoms with E-state index in [1.807, 2.05) is 0 Å². The number of rotatable bonds is 1. The molecule has 1 fully saturated rings. The van der Waals surface area contributed by atoms with Crippen molar-refractivity contribution in [2.45, 2.75) is 25.4 Å². The molecule has 1 atom stereocenters. The number of hydrogen-bond acceptors (Lipinski definition) is 4. The second kappa shape index (κ2) is 4.97. The molecule has 2 aliphatic rings. The maximum absolute atomic E-state index is 12.5. The first-order valence-electron chi connectivity index (χ1n) is 6.39. The van der Waals surface area contributed by atoms with Gasteiger partial charge in [-0.3, -0.25) is 19.7 Å². The van der Waals surface area contributed by atoms with Gasteiger partial charge in [-0.2, -0.15) is 5.26 Å². The summed E-state index contributed by atoms with van der Waals surface area (Å²) in [6, 6.07) is 4.70. The number of carbonyl (C=O) groups excluding carboxylic acids is 3. The average Bonchev–Trinajstić information content (AvgIpc) is 2.78. The molecule has 7 heteroatoms. The molecule has 1 aromatic carbocycles. The third-order valence-corrected chi connectivity index (χ3v) is 4.43. The maximum atomic E-state index is 12.5. The highest BCUT2D eigenvalue weighted by atomic mass is 79.9. The van der Waals surface area contributed by atoms with E-state index in [0.29, 0.717) is 27.6 Å². The smallest absolute Gasteiger partial charge is 0.256 e. The number of carbonyl (C=O) groups is 3. The number of halogens is 1. The quantitative estimate of drug-likeness (QED) is 0.769. The Morgan fingerprint density at radius 1 is 1.33 bits per heavy atom. The number of nitrogens with one attached hydrogen (secondary N) is 1. The van der Waals surface area contributed by atoms with Crippen LogP contribution in [0.5, 0.6) is 0 Å². The zero-order valence-electron chi connectivity index (χ0n) is 10.9. The van der Waals surface area contributed by atoms with E-state index >= 15 is 0 Å². The predicted octanol–water partition coefficient (Wildman–Crippen LogP) is 1.08. The SMILES string of the molecule is N#Cc1ccc(Br)c2c1CN(C1CCC(=O)NC1=O)C2=O. The molecule has 1 aromatic rings. The van der Waals surface area contributed by atoms with Gasteiger partial charge in [0.2, 0.25) is 11.8 Å². The second-order valence-electron chi connectivity index (χ2n) is 4.96. The van der Waals surface area contributed by atoms with Crippen LogP contribution in [0.4, 0.5) is 0 Å². The molecule has 1 unspecified atom stereocenters. The van der Waals surface area contributed by atoms with Crippen molar-refractivity contribution in [2.24, 2.45) is 0 Å². The highest BCUT2D eigenvalue weighted by Gasteiger charge is 2.40. The van der Waals surface area contributed by atoms with Crippen molar-refractivity contribution in [1.82, 2.24) is 10.2 Å². The van der Waals surface area contributed by atoms with E-state index in [4.69, 9.17) is 5.26 Å². The number of imide groups is 1. The molecule has 0 bridgehead atoms. The van der Waals surface area contributed by atoms with Crippen molar-refractivity contribution in [1.29, 1.82) is 5.26 Å². The van der Waals surface area contributed by atoms with Gasteiger partial charge in [0.15, 0.2) is 0 Å². The van der Waals surface area contributed by atoms with Crippen molar-refractivity contribution < 1.29 is 14.4 Å². The number of piperidine rings is 1. The molecule has 0 saturated carbocycles. The lowest BCUT2D eigenvalue weighted by Gasteiger charge is -2.29. The molecule has 3 amide bonds. The highest BCUT2D eigenvalue weighted by molar-refractivity contribution is 9.10. The number of hydrogen-bond donors (Lipinski definition) is 1. The van der Waals surface area contributed by atoms with E-state index < -0.39 is 11.9 Å². The van der Waals surface area contributed by atoms with Crippen molar-refractivity contribution in [3.8, 4) is 6.07 Å². The van der Waals surface area contributed by atoms with E-state index in [9.17, 15) is 14.4 Å². The number of nitrogens with zero attached hydrogens (tertiary/aromatic N) is 2. The Hall–Kier alpha value is -2.20. The van der Waals surface area contributed by atoms with E-state index in [1.54, 1.807) is 12.1 Å². The first-order valence-corrected chi connectivity index (χ1v) is 7.18. The average molecular weight is 348 g/mol. The summed E-state index contributed by atoms with van der Waals surface area (Å²) >= 11 is 3.32. The second-order valence-corrected chi connectivity index (χ2v) is 5.81. The lowest BCUT2D eigenvalue weighted by Crippen LogP contribution is -2.52. The molecule has 1 N–H and O–H groups in total. The summed E-state index contributed by atoms with van der Waals surface area (Å²) in [5.41, 5.74) is 1.48. The summed E-state index contributed by atoms with van der Waals surface area (Å²) in [6.07, 6.45) is 0.521. The molecule has 3 rings (SSSR count). The van der Waals surface area contributed by atoms with E-state index in [0.717, 1.165) is 0 Å². The third kappa shape index (κ3) is 2.12. The summed E-state index contributed by atoms with van der Waals surface area (Å²) < 4.78 is 0.608. The lowest BCUT2D eigenvalue weighted by atomic mass is 10.0. The van der Waals surface area contributed by atoms with Crippen LogP contribution in [0.2, 0.25) is 0 Å². The first-order chi connectivity index (χ1) is 10.0. The molecule has 2 aliphatic heterocycles. The summed E-state index contributed by atoms with van der Waals surface area (Å²) in [5.74, 6) is -1.06. The Morgan fingerprint density at radius 3 is 2.76 bits per heavy atom. The molecular formula is C14H10BrN3O3. The molecule has 0 aliphatic carbocycles. The number of amides is 3. The fourth-order valence-electron chi connectivity index (χ4n) is 2.74. The van der Waals surface area contributed by atoms with Crippen molar-refractivity contribution in [3.05, 3.63) is 33.3 Å². The molecule has 0 spiro atoms. The van der Waals surface area contributed by atoms with Crippen LogP contribution in [0.15, 0.2) is 16.6 Å². The molecular weight excluding hydrogens is 338 g/mol. The minimum atomic E-state index is -0.666. The largest absolute Gasteiger partial charge is 0.322 e. The molecule has 2 heterocycles. The first kappa shape index (κ1) is 13.8. The van der Waals surface area contributed by atoms with Crippen LogP contribution < -0.4 is 5.32 Å². The standard InChI is InChI=1S/C14H10BrN3O3/c15-9-2-1-7(5-16)8-6-18(14(21)12(8)9)10-3-4-11(19)17-13(10)20/h1-2,10H,3-4,6H2,(H,17,19,20). The van der Waals surface area contributed by atoms with Gasteiger partial charge >= 0.3 is 0 Å². The van der Waals surface area contributed by atoms with Gasteiger partial charge in [-0.1, -0.05) is 0 Å². The fraction of sp³-hybridized carbons (Fsp3) is 0.286. The molecule has 0 aromatic heterocycles. The zero-order chi connectivity index (χ0) is 15.1. The molecule has 6 nitrogen and oxygen atoms in total. The lowest BCUT2D eigenvalue weighted by molar-refractivity contribution is -0.136. The Labute approximate surface area is 128 Å². The van der Waals surface area contributed by atoms with Crippen molar-refractivity contribution in [3.63, 3.8) is 0 Å². The third-order valence-electron chi connectivity index (χ3n) is 3.77. The van der Waals surface area contributed by atoms with E-state index in [-0.39, 0.29) is 24.8 Å². The van der Waals surface area contributed by atoms with Gasteiger partial charge in [-0.25, -0.2) is 0 Å². The maximum Gasteiger partial charge on any atom is 0.256 e. The van der Waals surface area contributed by atoms with Crippen molar-refractivity contribution in [2.75, 3.05) is 0 Å². The number of fused-ring (bicyclic) bond motifs is 1. The van der Waals surface area contributed by atoms with Crippen molar-refractivity contribution >= 4 is 33.7 Å². The van der Waals surface area contributed by atoms with Gasteiger partial charge in [0.05, 0.1) is 17.2 Å². The van der Waals surface area contributed by atoms with Gasteiger partial charge in [0.25, 0.3) is 5.91 Å². The topological polar surface area (TPSA) is 90.3 Å². The molecule has 1 saturated heterocycles. The zero-order valence-corrected chi connectivity index (χ0v) is 12.4. The fourth-order valence-corrected chi connectivity index (χ4v) is 3.28. The van der Waals surface area contributed by atoms with Crippen LogP contribution >= 0.6 is 15.9 Å². The Morgan fingerprint density at radius 2 is 2.10 bits per heavy atom. The molecule has 106 valence electrons. The summed E-state index contributed by atoms with van der Waals surface area (Å²) in [5, 5.41) is 11.4. The van der Waals surface area contributed by atoms with Crippen LogP contribution in [0.25, 0.3) is 0 Å². The summed E-state index contributed by atoms with van der Waals surface area (Å²) in [7, 11) is 0. The van der Waals surface area contributed by atoms with Gasteiger partial charge in [0.1, 0.15) is 6.04 Å². The number of nitriles is 1. The van der Waals surface area contributed by atoms with Crippen LogP contribution in [-0.2, 0) is 16.1 Å². The van der Waals surface area contributed by atoms with E-state index in [1.165, 1.54) is 4.90 Å². The minimum absolute atomic E-state index is 0.211. The Balaban J connectivity index is 1.98. The molecule has 0 radical (unpaired) electrons. The van der Waals surface area contributed by atoms with Gasteiger partial charge in [-0.05, 0) is 34.5 Å². The van der Waals surface area contributed by atoms with Gasteiger partial charge in [-0.15, -0.1) is 0 Å². The van der Waals surface area contributed by atoms with Crippen LogP contribution in [-0.4, -0.2) is 28.7 Å². The monoisotopic (exact) mass is 347 g/mol. The normalized spacial score (nSPS) is 21.0. The van der Waals surface area contributed by atoms with Crippen LogP contribution in [0.3, 0.4) is 0 Å². The summed E-state index contributed by atoms with van der Waals surface area (Å²) in [6.45, 7) is 0.211. The predicted molar refractivity (Wildman–Crippen MR) is 74.9 cm³/mol. The van der Waals surface area contributed by atoms with Gasteiger partial charge < -0.3 is 4.90 Å². The van der Waals surface area contributed by atoms with Gasteiger partial charge in [0, 0.05) is 23.0 Å². The number of benzene rings is 1. The summed E-state index contributed by atoms with van der Waals surface area (Å²) in [4.78, 5) is 37.1. The highest BCUT2D eigenvalue weighted by Crippen LogP contribution is 2.34. The van der Waals surface area contributed by atoms with Crippen LogP contribution in [0, 0.1) is 11.3 Å². The Kier molecular flexibility index (Phi) is 3.26.